The first-order valence-corrected chi connectivity index (χ1v) is 21.7. The molecule has 63 heavy (non-hydrogen) atoms. The molecule has 3 aromatic heterocycles. The Morgan fingerprint density at radius 2 is 1.21 bits per heavy atom. The third-order valence-electron chi connectivity index (χ3n) is 13.4. The summed E-state index contributed by atoms with van der Waals surface area (Å²) >= 11 is 0. The summed E-state index contributed by atoms with van der Waals surface area (Å²) in [5.74, 6) is 1.33. The smallest absolute Gasteiger partial charge is 0.234 e. The van der Waals surface area contributed by atoms with Crippen molar-refractivity contribution >= 4 is 105 Å². The fourth-order valence-corrected chi connectivity index (χ4v) is 10.5. The monoisotopic (exact) mass is 807 g/mol. The van der Waals surface area contributed by atoms with Gasteiger partial charge in [0, 0.05) is 37.9 Å². The summed E-state index contributed by atoms with van der Waals surface area (Å²) in [5, 5.41) is 15.6. The molecule has 14 rings (SSSR count). The lowest BCUT2D eigenvalue weighted by atomic mass is 9.95. The lowest BCUT2D eigenvalue weighted by Gasteiger charge is -2.26. The van der Waals surface area contributed by atoms with Crippen LogP contribution < -0.4 is 5.32 Å². The number of nitrogens with one attached hydrogen (secondary N) is 1. The zero-order chi connectivity index (χ0) is 41.2. The minimum absolute atomic E-state index is 0.420. The van der Waals surface area contributed by atoms with Crippen LogP contribution in [-0.2, 0) is 6.42 Å². The Hall–Kier alpha value is -8.22. The Labute approximate surface area is 361 Å². The molecule has 0 amide bonds. The van der Waals surface area contributed by atoms with Gasteiger partial charge in [0.25, 0.3) is 0 Å². The first kappa shape index (κ1) is 34.5. The normalized spacial score (nSPS) is 15.3. The number of rotatable bonds is 3. The van der Waals surface area contributed by atoms with Gasteiger partial charge in [-0.15, -0.1) is 0 Å². The van der Waals surface area contributed by atoms with Gasteiger partial charge < -0.3 is 14.3 Å². The van der Waals surface area contributed by atoms with Crippen molar-refractivity contribution in [2.45, 2.75) is 19.0 Å². The number of fused-ring (bicyclic) bond motifs is 13. The van der Waals surface area contributed by atoms with E-state index >= 15 is 0 Å². The van der Waals surface area contributed by atoms with Crippen LogP contribution in [0.25, 0.3) is 98.9 Å². The fourth-order valence-electron chi connectivity index (χ4n) is 10.5. The van der Waals surface area contributed by atoms with Gasteiger partial charge in [-0.1, -0.05) is 133 Å². The molecule has 0 radical (unpaired) electrons. The van der Waals surface area contributed by atoms with E-state index in [0.29, 0.717) is 11.8 Å². The molecule has 0 saturated heterocycles. The number of hydrogen-bond acceptors (Lipinski definition) is 4. The van der Waals surface area contributed by atoms with Crippen molar-refractivity contribution in [2.75, 3.05) is 0 Å². The number of allylic oxidation sites excluding steroid dienone is 1. The Kier molecular flexibility index (Phi) is 7.19. The van der Waals surface area contributed by atoms with Crippen molar-refractivity contribution in [2.24, 2.45) is 9.98 Å². The van der Waals surface area contributed by atoms with Gasteiger partial charge in [0.15, 0.2) is 0 Å². The van der Waals surface area contributed by atoms with Crippen LogP contribution in [0.15, 0.2) is 196 Å². The molecule has 1 unspecified atom stereocenters. The van der Waals surface area contributed by atoms with Gasteiger partial charge in [0.1, 0.15) is 23.2 Å². The first-order valence-electron chi connectivity index (χ1n) is 21.7. The van der Waals surface area contributed by atoms with Crippen molar-refractivity contribution in [3.63, 3.8) is 0 Å². The second kappa shape index (κ2) is 13.1. The van der Waals surface area contributed by atoms with Crippen LogP contribution in [0.5, 0.6) is 0 Å². The minimum Gasteiger partial charge on any atom is -0.456 e. The summed E-state index contributed by atoms with van der Waals surface area (Å²) in [6.07, 6.45) is 6.25. The number of aromatic nitrogens is 2. The number of furan rings is 1. The fraction of sp³-hybridized carbons (Fsp3) is 0.0526. The largest absolute Gasteiger partial charge is 0.456 e. The van der Waals surface area contributed by atoms with E-state index in [1.54, 1.807) is 0 Å². The van der Waals surface area contributed by atoms with Crippen LogP contribution in [0.3, 0.4) is 0 Å². The topological polar surface area (TPSA) is 59.8 Å². The van der Waals surface area contributed by atoms with Crippen molar-refractivity contribution in [3.8, 4) is 5.69 Å². The third kappa shape index (κ3) is 5.12. The highest BCUT2D eigenvalue weighted by atomic mass is 16.3. The van der Waals surface area contributed by atoms with E-state index in [1.807, 2.05) is 0 Å². The summed E-state index contributed by atoms with van der Waals surface area (Å²) in [4.78, 5) is 11.0. The van der Waals surface area contributed by atoms with E-state index in [-0.39, 0.29) is 0 Å². The molecule has 6 nitrogen and oxygen atoms in total. The molecule has 296 valence electrons. The zero-order valence-electron chi connectivity index (χ0n) is 34.1. The molecule has 6 heteroatoms. The summed E-state index contributed by atoms with van der Waals surface area (Å²) in [6.45, 7) is 0. The highest BCUT2D eigenvalue weighted by molar-refractivity contribution is 6.23. The average Bonchev–Trinajstić information content (AvgIpc) is 3.99. The Morgan fingerprint density at radius 1 is 0.524 bits per heavy atom. The SMILES string of the molecule is C1=Cc2cc3c(cc2CC1)c1cc2ccccc2cc1n3-c1cc2c(cc1C1=NC(n3c4ccccc4c4ccccc43)=NC(c3ccccc3)N1)oc1ccc3ccccc3c12. The molecular weight excluding hydrogens is 771 g/mol. The van der Waals surface area contributed by atoms with E-state index in [9.17, 15) is 0 Å². The van der Waals surface area contributed by atoms with Gasteiger partial charge in [0.2, 0.25) is 5.96 Å². The van der Waals surface area contributed by atoms with E-state index in [1.165, 1.54) is 38.1 Å². The molecule has 0 bridgehead atoms. The van der Waals surface area contributed by atoms with E-state index in [4.69, 9.17) is 14.4 Å². The van der Waals surface area contributed by atoms with Crippen LogP contribution in [0.2, 0.25) is 0 Å². The van der Waals surface area contributed by atoms with Crippen molar-refractivity contribution < 1.29 is 4.42 Å². The van der Waals surface area contributed by atoms with Gasteiger partial charge in [-0.3, -0.25) is 4.57 Å². The standard InChI is InChI=1S/C57H37N5O/c1-2-15-35(16-3-1)55-58-56(60-57(59-55)62-47-24-12-10-22-41(47)42-23-11-13-25-48(42)62)45-33-53-46(54-40-21-9-8-14-34(40)26-27-52(54)63-53)32-51(45)61-49-30-38-19-6-4-17-36(38)28-43(49)44-29-37-18-5-7-20-39(37)31-50(44)61/h1-4,6-17,19-33,55H,5,18H2,(H,58,59,60). The summed E-state index contributed by atoms with van der Waals surface area (Å²) in [5.41, 5.74) is 11.7. The van der Waals surface area contributed by atoms with Crippen LogP contribution in [0, 0.1) is 0 Å². The number of amidine groups is 1. The predicted octanol–water partition coefficient (Wildman–Crippen LogP) is 14.0. The molecule has 12 aromatic rings. The maximum absolute atomic E-state index is 6.86. The highest BCUT2D eigenvalue weighted by Gasteiger charge is 2.28. The molecule has 1 N–H and O–H groups in total. The Bertz CT molecular complexity index is 3960. The summed E-state index contributed by atoms with van der Waals surface area (Å²) in [6, 6.07) is 63.3. The second-order valence-electron chi connectivity index (χ2n) is 16.9. The summed E-state index contributed by atoms with van der Waals surface area (Å²) < 4.78 is 11.6. The molecule has 2 aliphatic rings. The van der Waals surface area contributed by atoms with Gasteiger partial charge >= 0.3 is 0 Å². The van der Waals surface area contributed by atoms with Crippen LogP contribution in [-0.4, -0.2) is 20.9 Å². The van der Waals surface area contributed by atoms with Crippen LogP contribution in [0.4, 0.5) is 0 Å². The lowest BCUT2D eigenvalue weighted by Crippen LogP contribution is -2.35. The minimum atomic E-state index is -0.420. The van der Waals surface area contributed by atoms with Crippen molar-refractivity contribution in [1.29, 1.82) is 0 Å². The van der Waals surface area contributed by atoms with E-state index in [0.717, 1.165) is 89.8 Å². The number of aryl methyl sites for hydroxylation is 1. The number of benzene rings is 9. The Morgan fingerprint density at radius 3 is 2.02 bits per heavy atom. The molecule has 9 aromatic carbocycles. The Balaban J connectivity index is 1.12. The molecule has 0 fully saturated rings. The molecule has 0 saturated carbocycles. The second-order valence-corrected chi connectivity index (χ2v) is 16.9. The van der Waals surface area contributed by atoms with Gasteiger partial charge in [-0.2, -0.15) is 4.99 Å². The van der Waals surface area contributed by atoms with Crippen molar-refractivity contribution in [1.82, 2.24) is 14.5 Å². The zero-order valence-corrected chi connectivity index (χ0v) is 34.1. The van der Waals surface area contributed by atoms with Gasteiger partial charge in [0.05, 0.1) is 27.8 Å². The molecule has 1 aliphatic carbocycles. The maximum atomic E-state index is 6.86. The third-order valence-corrected chi connectivity index (χ3v) is 13.4. The van der Waals surface area contributed by atoms with Crippen LogP contribution >= 0.6 is 0 Å². The van der Waals surface area contributed by atoms with Gasteiger partial charge in [-0.05, 0) is 106 Å². The quantitative estimate of drug-likeness (QED) is 0.193. The first-order chi connectivity index (χ1) is 31.2. The number of para-hydroxylation sites is 2. The van der Waals surface area contributed by atoms with Gasteiger partial charge in [-0.25, -0.2) is 4.99 Å². The summed E-state index contributed by atoms with van der Waals surface area (Å²) in [7, 11) is 0. The molecule has 4 heterocycles. The molecule has 0 spiro atoms. The molecular formula is C57H37N5O. The molecule has 1 atom stereocenters. The predicted molar refractivity (Wildman–Crippen MR) is 262 cm³/mol. The van der Waals surface area contributed by atoms with E-state index in [2.05, 4.69) is 203 Å². The maximum Gasteiger partial charge on any atom is 0.234 e. The van der Waals surface area contributed by atoms with Crippen LogP contribution in [0.1, 0.15) is 34.8 Å². The number of nitrogens with zero attached hydrogens (tertiary/aromatic N) is 4. The number of aliphatic imine (C=N–C) groups is 2. The van der Waals surface area contributed by atoms with Crippen molar-refractivity contribution in [3.05, 3.63) is 204 Å². The number of hydrogen-bond donors (Lipinski definition) is 1. The highest BCUT2D eigenvalue weighted by Crippen LogP contribution is 2.42. The lowest BCUT2D eigenvalue weighted by molar-refractivity contribution is 0.664. The van der Waals surface area contributed by atoms with E-state index < -0.39 is 6.17 Å². The molecule has 1 aliphatic heterocycles. The average molecular weight is 808 g/mol.